The summed E-state index contributed by atoms with van der Waals surface area (Å²) in [6.07, 6.45) is 0.845. The Morgan fingerprint density at radius 1 is 1.32 bits per heavy atom. The highest BCUT2D eigenvalue weighted by atomic mass is 35.5. The van der Waals surface area contributed by atoms with Gasteiger partial charge in [0.25, 0.3) is 0 Å². The molecule has 1 aliphatic carbocycles. The van der Waals surface area contributed by atoms with Crippen LogP contribution >= 0.6 is 11.6 Å². The average molecular weight is 298 g/mol. The molecule has 0 bridgehead atoms. The number of benzene rings is 1. The van der Waals surface area contributed by atoms with Crippen LogP contribution in [0.25, 0.3) is 0 Å². The van der Waals surface area contributed by atoms with E-state index in [-0.39, 0.29) is 4.90 Å². The third-order valence-corrected chi connectivity index (χ3v) is 6.57. The molecule has 1 saturated carbocycles. The minimum absolute atomic E-state index is 0.181. The van der Waals surface area contributed by atoms with E-state index in [0.717, 1.165) is 0 Å². The van der Waals surface area contributed by atoms with Gasteiger partial charge in [-0.15, -0.1) is 0 Å². The van der Waals surface area contributed by atoms with Crippen LogP contribution in [0.5, 0.6) is 0 Å². The molecule has 0 heterocycles. The maximum absolute atomic E-state index is 12.6. The molecule has 1 aromatic rings. The fraction of sp³-hybridized carbons (Fsp3) is 0.500. The molecule has 0 aromatic heterocycles. The fourth-order valence-corrected chi connectivity index (χ4v) is 4.53. The Bertz CT molecular complexity index is 608. The number of nitrogens with zero attached hydrogens (tertiary/aromatic N) is 1. The van der Waals surface area contributed by atoms with Gasteiger partial charge in [-0.3, -0.25) is 0 Å². The van der Waals surface area contributed by atoms with Crippen molar-refractivity contribution in [2.45, 2.75) is 36.3 Å². The molecule has 1 aliphatic rings. The average Bonchev–Trinajstić information content (AvgIpc) is 2.28. The summed E-state index contributed by atoms with van der Waals surface area (Å²) in [7, 11) is -3.62. The van der Waals surface area contributed by atoms with Gasteiger partial charge in [-0.1, -0.05) is 25.4 Å². The third-order valence-electron chi connectivity index (χ3n) is 3.97. The summed E-state index contributed by atoms with van der Waals surface area (Å²) in [5, 5.41) is 9.82. The van der Waals surface area contributed by atoms with Crippen LogP contribution in [-0.2, 0) is 9.84 Å². The van der Waals surface area contributed by atoms with E-state index in [0.29, 0.717) is 29.7 Å². The Balaban J connectivity index is 2.35. The lowest BCUT2D eigenvalue weighted by Crippen LogP contribution is -2.50. The summed E-state index contributed by atoms with van der Waals surface area (Å²) in [6.45, 7) is 4.11. The van der Waals surface area contributed by atoms with Gasteiger partial charge < -0.3 is 0 Å². The molecule has 0 aliphatic heterocycles. The van der Waals surface area contributed by atoms with E-state index in [1.807, 2.05) is 6.07 Å². The zero-order chi connectivity index (χ0) is 14.3. The van der Waals surface area contributed by atoms with Crippen molar-refractivity contribution in [1.82, 2.24) is 0 Å². The first-order valence-corrected chi connectivity index (χ1v) is 8.10. The lowest BCUT2D eigenvalue weighted by molar-refractivity contribution is 0.198. The SMILES string of the molecule is CC(C)C1CC(C#N)(S(=O)(=O)c2ccc(Cl)cc2)C1. The lowest BCUT2D eigenvalue weighted by Gasteiger charge is -2.43. The van der Waals surface area contributed by atoms with Crippen LogP contribution in [0.3, 0.4) is 0 Å². The molecular formula is C14H16ClNO2S. The summed E-state index contributed by atoms with van der Waals surface area (Å²) in [4.78, 5) is 0.181. The van der Waals surface area contributed by atoms with Crippen LogP contribution in [0.2, 0.25) is 5.02 Å². The minimum atomic E-state index is -3.62. The van der Waals surface area contributed by atoms with Crippen LogP contribution in [0, 0.1) is 23.2 Å². The molecular weight excluding hydrogens is 282 g/mol. The Kier molecular flexibility index (Phi) is 3.63. The van der Waals surface area contributed by atoms with Crippen molar-refractivity contribution in [2.24, 2.45) is 11.8 Å². The minimum Gasteiger partial charge on any atom is -0.222 e. The zero-order valence-corrected chi connectivity index (χ0v) is 12.5. The highest BCUT2D eigenvalue weighted by Crippen LogP contribution is 2.49. The number of hydrogen-bond acceptors (Lipinski definition) is 3. The topological polar surface area (TPSA) is 57.9 Å². The second-order valence-electron chi connectivity index (χ2n) is 5.48. The zero-order valence-electron chi connectivity index (χ0n) is 10.9. The Labute approximate surface area is 119 Å². The van der Waals surface area contributed by atoms with Gasteiger partial charge >= 0.3 is 0 Å². The summed E-state index contributed by atoms with van der Waals surface area (Å²) >= 11 is 5.76. The van der Waals surface area contributed by atoms with Gasteiger partial charge in [-0.2, -0.15) is 5.26 Å². The largest absolute Gasteiger partial charge is 0.222 e. The predicted molar refractivity (Wildman–Crippen MR) is 74.5 cm³/mol. The number of nitriles is 1. The highest BCUT2D eigenvalue weighted by molar-refractivity contribution is 7.93. The fourth-order valence-electron chi connectivity index (χ4n) is 2.47. The molecule has 19 heavy (non-hydrogen) atoms. The van der Waals surface area contributed by atoms with Crippen LogP contribution in [0.4, 0.5) is 0 Å². The second-order valence-corrected chi connectivity index (χ2v) is 8.17. The number of hydrogen-bond donors (Lipinski definition) is 0. The second kappa shape index (κ2) is 4.81. The quantitative estimate of drug-likeness (QED) is 0.858. The Morgan fingerprint density at radius 2 is 1.84 bits per heavy atom. The maximum Gasteiger partial charge on any atom is 0.197 e. The summed E-state index contributed by atoms with van der Waals surface area (Å²) in [5.41, 5.74) is 0. The molecule has 0 unspecified atom stereocenters. The van der Waals surface area contributed by atoms with Gasteiger partial charge in [-0.25, -0.2) is 8.42 Å². The van der Waals surface area contributed by atoms with Crippen molar-refractivity contribution in [1.29, 1.82) is 5.26 Å². The first kappa shape index (κ1) is 14.4. The van der Waals surface area contributed by atoms with E-state index in [1.165, 1.54) is 24.3 Å². The van der Waals surface area contributed by atoms with Crippen LogP contribution in [0.15, 0.2) is 29.2 Å². The van der Waals surface area contributed by atoms with Crippen LogP contribution in [-0.4, -0.2) is 13.2 Å². The van der Waals surface area contributed by atoms with Gasteiger partial charge in [0.15, 0.2) is 14.6 Å². The summed E-state index contributed by atoms with van der Waals surface area (Å²) < 4.78 is 23.9. The predicted octanol–water partition coefficient (Wildman–Crippen LogP) is 3.44. The first-order chi connectivity index (χ1) is 8.82. The standard InChI is InChI=1S/C14H16ClNO2S/c1-10(2)11-7-14(8-11,9-16)19(17,18)13-5-3-12(15)4-6-13/h3-6,10-11H,7-8H2,1-2H3. The molecule has 0 spiro atoms. The molecule has 0 amide bonds. The molecule has 0 atom stereocenters. The van der Waals surface area contributed by atoms with E-state index in [2.05, 4.69) is 13.8 Å². The smallest absolute Gasteiger partial charge is 0.197 e. The highest BCUT2D eigenvalue weighted by Gasteiger charge is 2.55. The van der Waals surface area contributed by atoms with Gasteiger partial charge in [0, 0.05) is 5.02 Å². The molecule has 0 saturated heterocycles. The van der Waals surface area contributed by atoms with Gasteiger partial charge in [0.1, 0.15) is 0 Å². The normalized spacial score (nSPS) is 26.8. The maximum atomic E-state index is 12.6. The lowest BCUT2D eigenvalue weighted by atomic mass is 9.69. The van der Waals surface area contributed by atoms with Crippen molar-refractivity contribution in [2.75, 3.05) is 0 Å². The van der Waals surface area contributed by atoms with Crippen molar-refractivity contribution >= 4 is 21.4 Å². The Hall–Kier alpha value is -1.05. The molecule has 0 N–H and O–H groups in total. The molecule has 2 rings (SSSR count). The summed E-state index contributed by atoms with van der Waals surface area (Å²) in [5.74, 6) is 0.712. The van der Waals surface area contributed by atoms with E-state index < -0.39 is 14.6 Å². The van der Waals surface area contributed by atoms with Crippen LogP contribution < -0.4 is 0 Å². The first-order valence-electron chi connectivity index (χ1n) is 6.24. The van der Waals surface area contributed by atoms with Gasteiger partial charge in [0.2, 0.25) is 0 Å². The van der Waals surface area contributed by atoms with E-state index in [4.69, 9.17) is 11.6 Å². The van der Waals surface area contributed by atoms with Gasteiger partial charge in [0.05, 0.1) is 11.0 Å². The van der Waals surface area contributed by atoms with Crippen molar-refractivity contribution in [3.8, 4) is 6.07 Å². The van der Waals surface area contributed by atoms with Crippen molar-refractivity contribution < 1.29 is 8.42 Å². The molecule has 0 radical (unpaired) electrons. The summed E-state index contributed by atoms with van der Waals surface area (Å²) in [6, 6.07) is 8.06. The van der Waals surface area contributed by atoms with Crippen molar-refractivity contribution in [3.05, 3.63) is 29.3 Å². The van der Waals surface area contributed by atoms with Crippen LogP contribution in [0.1, 0.15) is 26.7 Å². The number of halogens is 1. The van der Waals surface area contributed by atoms with Crippen molar-refractivity contribution in [3.63, 3.8) is 0 Å². The molecule has 1 aromatic carbocycles. The third kappa shape index (κ3) is 2.26. The number of rotatable bonds is 3. The Morgan fingerprint density at radius 3 is 2.26 bits per heavy atom. The molecule has 1 fully saturated rings. The van der Waals surface area contributed by atoms with Gasteiger partial charge in [-0.05, 0) is 48.9 Å². The molecule has 3 nitrogen and oxygen atoms in total. The van der Waals surface area contributed by atoms with E-state index in [9.17, 15) is 13.7 Å². The molecule has 102 valence electrons. The monoisotopic (exact) mass is 297 g/mol. The van der Waals surface area contributed by atoms with E-state index in [1.54, 1.807) is 0 Å². The van der Waals surface area contributed by atoms with E-state index >= 15 is 0 Å². The molecule has 5 heteroatoms. The number of sulfone groups is 1.